The summed E-state index contributed by atoms with van der Waals surface area (Å²) in [5, 5.41) is 11.5. The van der Waals surface area contributed by atoms with Gasteiger partial charge in [-0.3, -0.25) is 9.59 Å². The molecule has 0 aromatic carbocycles. The summed E-state index contributed by atoms with van der Waals surface area (Å²) in [7, 11) is 0. The summed E-state index contributed by atoms with van der Waals surface area (Å²) in [6.07, 6.45) is 2.30. The highest BCUT2D eigenvalue weighted by atomic mass is 16.4. The van der Waals surface area contributed by atoms with Gasteiger partial charge in [0, 0.05) is 19.4 Å². The van der Waals surface area contributed by atoms with E-state index in [2.05, 4.69) is 19.2 Å². The minimum Gasteiger partial charge on any atom is -0.481 e. The van der Waals surface area contributed by atoms with Gasteiger partial charge < -0.3 is 10.4 Å². The predicted molar refractivity (Wildman–Crippen MR) is 63.1 cm³/mol. The Hall–Kier alpha value is -1.06. The number of rotatable bonds is 8. The number of carboxylic acid groups (broad SMARTS) is 1. The van der Waals surface area contributed by atoms with Gasteiger partial charge >= 0.3 is 5.97 Å². The minimum absolute atomic E-state index is 0.0154. The van der Waals surface area contributed by atoms with Crippen molar-refractivity contribution in [3.05, 3.63) is 0 Å². The van der Waals surface area contributed by atoms with Crippen LogP contribution >= 0.6 is 0 Å². The number of amides is 1. The molecule has 0 aliphatic rings. The largest absolute Gasteiger partial charge is 0.481 e. The van der Waals surface area contributed by atoms with E-state index in [4.69, 9.17) is 5.11 Å². The van der Waals surface area contributed by atoms with Crippen molar-refractivity contribution < 1.29 is 14.7 Å². The molecule has 0 aromatic rings. The molecule has 0 heterocycles. The summed E-state index contributed by atoms with van der Waals surface area (Å²) in [5.41, 5.74) is 0. The Labute approximate surface area is 97.4 Å². The van der Waals surface area contributed by atoms with E-state index in [0.29, 0.717) is 18.9 Å². The van der Waals surface area contributed by atoms with Crippen LogP contribution in [-0.2, 0) is 9.59 Å². The fraction of sp³-hybridized carbons (Fsp3) is 0.833. The molecule has 16 heavy (non-hydrogen) atoms. The lowest BCUT2D eigenvalue weighted by molar-refractivity contribution is -0.138. The second-order valence-electron chi connectivity index (χ2n) is 4.65. The van der Waals surface area contributed by atoms with Gasteiger partial charge in [0.1, 0.15) is 0 Å². The molecule has 94 valence electrons. The third-order valence-corrected chi connectivity index (χ3v) is 2.33. The van der Waals surface area contributed by atoms with Crippen LogP contribution in [0.3, 0.4) is 0 Å². The molecular weight excluding hydrogens is 206 g/mol. The zero-order chi connectivity index (χ0) is 12.6. The number of hydrogen-bond acceptors (Lipinski definition) is 2. The average Bonchev–Trinajstić information content (AvgIpc) is 2.13. The molecule has 0 radical (unpaired) electrons. The van der Waals surface area contributed by atoms with E-state index in [1.165, 1.54) is 0 Å². The molecule has 0 bridgehead atoms. The number of hydrogen-bond donors (Lipinski definition) is 2. The Balaban J connectivity index is 4.00. The van der Waals surface area contributed by atoms with Gasteiger partial charge in [-0.2, -0.15) is 0 Å². The monoisotopic (exact) mass is 229 g/mol. The van der Waals surface area contributed by atoms with Crippen LogP contribution in [0.5, 0.6) is 0 Å². The van der Waals surface area contributed by atoms with Crippen LogP contribution in [-0.4, -0.2) is 23.5 Å². The second kappa shape index (κ2) is 8.13. The highest BCUT2D eigenvalue weighted by molar-refractivity contribution is 5.75. The van der Waals surface area contributed by atoms with Crippen molar-refractivity contribution in [2.75, 3.05) is 6.54 Å². The molecule has 0 aromatic heterocycles. The number of nitrogens with one attached hydrogen (secondary N) is 1. The molecule has 0 saturated heterocycles. The van der Waals surface area contributed by atoms with E-state index in [1.807, 2.05) is 6.92 Å². The van der Waals surface area contributed by atoms with Crippen LogP contribution in [0.1, 0.15) is 46.5 Å². The molecule has 1 amide bonds. The summed E-state index contributed by atoms with van der Waals surface area (Å²) >= 11 is 0. The minimum atomic E-state index is -0.796. The molecule has 0 aliphatic carbocycles. The molecule has 0 unspecified atom stereocenters. The molecule has 0 spiro atoms. The Bertz CT molecular complexity index is 226. The first kappa shape index (κ1) is 14.9. The van der Waals surface area contributed by atoms with E-state index < -0.39 is 5.97 Å². The van der Waals surface area contributed by atoms with Crippen molar-refractivity contribution in [3.63, 3.8) is 0 Å². The van der Waals surface area contributed by atoms with Crippen molar-refractivity contribution in [1.82, 2.24) is 5.32 Å². The zero-order valence-electron chi connectivity index (χ0n) is 10.5. The lowest BCUT2D eigenvalue weighted by Crippen LogP contribution is -2.30. The third kappa shape index (κ3) is 8.26. The SMILES string of the molecule is CCCC(=O)NC[C@H](CC(=O)O)CC(C)C. The maximum Gasteiger partial charge on any atom is 0.303 e. The van der Waals surface area contributed by atoms with E-state index in [9.17, 15) is 9.59 Å². The molecule has 2 N–H and O–H groups in total. The van der Waals surface area contributed by atoms with Crippen LogP contribution in [0.25, 0.3) is 0 Å². The van der Waals surface area contributed by atoms with Gasteiger partial charge in [-0.05, 0) is 24.7 Å². The molecule has 0 aliphatic heterocycles. The summed E-state index contributed by atoms with van der Waals surface area (Å²) in [6.45, 7) is 6.54. The highest BCUT2D eigenvalue weighted by Gasteiger charge is 2.15. The normalized spacial score (nSPS) is 12.5. The first-order chi connectivity index (χ1) is 7.45. The smallest absolute Gasteiger partial charge is 0.303 e. The van der Waals surface area contributed by atoms with Crippen LogP contribution in [0.15, 0.2) is 0 Å². The Morgan fingerprint density at radius 3 is 2.38 bits per heavy atom. The Morgan fingerprint density at radius 1 is 1.31 bits per heavy atom. The maximum absolute atomic E-state index is 11.3. The van der Waals surface area contributed by atoms with Gasteiger partial charge in [-0.25, -0.2) is 0 Å². The quantitative estimate of drug-likeness (QED) is 0.669. The molecule has 1 atom stereocenters. The van der Waals surface area contributed by atoms with Crippen LogP contribution in [0.4, 0.5) is 0 Å². The van der Waals surface area contributed by atoms with Crippen molar-refractivity contribution in [2.45, 2.75) is 46.5 Å². The van der Waals surface area contributed by atoms with Gasteiger partial charge in [0.05, 0.1) is 0 Å². The van der Waals surface area contributed by atoms with Crippen LogP contribution < -0.4 is 5.32 Å². The first-order valence-corrected chi connectivity index (χ1v) is 5.94. The zero-order valence-corrected chi connectivity index (χ0v) is 10.5. The second-order valence-corrected chi connectivity index (χ2v) is 4.65. The summed E-state index contributed by atoms with van der Waals surface area (Å²) < 4.78 is 0. The first-order valence-electron chi connectivity index (χ1n) is 5.94. The van der Waals surface area contributed by atoms with Gasteiger partial charge in [-0.15, -0.1) is 0 Å². The van der Waals surface area contributed by atoms with Gasteiger partial charge in [0.15, 0.2) is 0 Å². The molecular formula is C12H23NO3. The highest BCUT2D eigenvalue weighted by Crippen LogP contribution is 2.14. The maximum atomic E-state index is 11.3. The lowest BCUT2D eigenvalue weighted by atomic mass is 9.94. The molecule has 0 fully saturated rings. The van der Waals surface area contributed by atoms with Crippen LogP contribution in [0, 0.1) is 11.8 Å². The van der Waals surface area contributed by atoms with E-state index >= 15 is 0 Å². The van der Waals surface area contributed by atoms with Crippen molar-refractivity contribution >= 4 is 11.9 Å². The fourth-order valence-electron chi connectivity index (χ4n) is 1.73. The molecule has 4 nitrogen and oxygen atoms in total. The molecule has 0 rings (SSSR count). The van der Waals surface area contributed by atoms with E-state index in [0.717, 1.165) is 12.8 Å². The average molecular weight is 229 g/mol. The van der Waals surface area contributed by atoms with Crippen LogP contribution in [0.2, 0.25) is 0 Å². The Kier molecular flexibility index (Phi) is 7.60. The molecule has 4 heteroatoms. The summed E-state index contributed by atoms with van der Waals surface area (Å²) in [6, 6.07) is 0. The fourth-order valence-corrected chi connectivity index (χ4v) is 1.73. The lowest BCUT2D eigenvalue weighted by Gasteiger charge is -2.17. The van der Waals surface area contributed by atoms with Gasteiger partial charge in [0.2, 0.25) is 5.91 Å². The van der Waals surface area contributed by atoms with E-state index in [-0.39, 0.29) is 18.2 Å². The summed E-state index contributed by atoms with van der Waals surface area (Å²) in [4.78, 5) is 21.9. The van der Waals surface area contributed by atoms with Gasteiger partial charge in [0.25, 0.3) is 0 Å². The third-order valence-electron chi connectivity index (χ3n) is 2.33. The number of carbonyl (C=O) groups excluding carboxylic acids is 1. The predicted octanol–water partition coefficient (Wildman–Crippen LogP) is 2.04. The van der Waals surface area contributed by atoms with Crippen molar-refractivity contribution in [3.8, 4) is 0 Å². The number of aliphatic carboxylic acids is 1. The standard InChI is InChI=1S/C12H23NO3/c1-4-5-11(14)13-8-10(6-9(2)3)7-12(15)16/h9-10H,4-8H2,1-3H3,(H,13,14)(H,15,16)/t10-/m0/s1. The van der Waals surface area contributed by atoms with Gasteiger partial charge in [-0.1, -0.05) is 20.8 Å². The summed E-state index contributed by atoms with van der Waals surface area (Å²) in [5.74, 6) is -0.289. The number of carbonyl (C=O) groups is 2. The van der Waals surface area contributed by atoms with E-state index in [1.54, 1.807) is 0 Å². The number of carboxylic acids is 1. The van der Waals surface area contributed by atoms with Crippen molar-refractivity contribution in [2.24, 2.45) is 11.8 Å². The topological polar surface area (TPSA) is 66.4 Å². The molecule has 0 saturated carbocycles. The Morgan fingerprint density at radius 2 is 1.94 bits per heavy atom. The van der Waals surface area contributed by atoms with Crippen molar-refractivity contribution in [1.29, 1.82) is 0 Å².